The smallest absolute Gasteiger partial charge is 0.0435 e. The Morgan fingerprint density at radius 1 is 1.43 bits per heavy atom. The van der Waals surface area contributed by atoms with Crippen LogP contribution in [0.25, 0.3) is 0 Å². The van der Waals surface area contributed by atoms with Crippen molar-refractivity contribution in [1.82, 2.24) is 5.32 Å². The van der Waals surface area contributed by atoms with Gasteiger partial charge in [-0.1, -0.05) is 23.7 Å². The summed E-state index contributed by atoms with van der Waals surface area (Å²) in [4.78, 5) is 0. The monoisotopic (exact) mass is 231 g/mol. The summed E-state index contributed by atoms with van der Waals surface area (Å²) in [6.07, 6.45) is 0. The molecule has 1 rings (SSSR count). The molecule has 1 unspecified atom stereocenters. The van der Waals surface area contributed by atoms with Crippen LogP contribution in [0.5, 0.6) is 0 Å². The molecular weight excluding hydrogens is 217 g/mol. The van der Waals surface area contributed by atoms with Crippen LogP contribution in [0.3, 0.4) is 0 Å². The molecule has 0 aliphatic rings. The van der Waals surface area contributed by atoms with Gasteiger partial charge in [0.25, 0.3) is 0 Å². The van der Waals surface area contributed by atoms with Crippen LogP contribution in [0.4, 0.5) is 0 Å². The molecule has 3 heteroatoms. The van der Waals surface area contributed by atoms with E-state index in [-0.39, 0.29) is 0 Å². The minimum Gasteiger partial charge on any atom is -0.309 e. The lowest BCUT2D eigenvalue weighted by molar-refractivity contribution is 0.593. The molecule has 0 heterocycles. The molecule has 78 valence electrons. The van der Waals surface area contributed by atoms with Gasteiger partial charge in [0.15, 0.2) is 0 Å². The van der Waals surface area contributed by atoms with Crippen LogP contribution < -0.4 is 5.32 Å². The van der Waals surface area contributed by atoms with Gasteiger partial charge in [-0.15, -0.1) is 11.6 Å². The van der Waals surface area contributed by atoms with E-state index in [0.717, 1.165) is 17.1 Å². The average Bonchev–Trinajstić information content (AvgIpc) is 2.19. The van der Waals surface area contributed by atoms with Crippen molar-refractivity contribution in [2.24, 2.45) is 0 Å². The van der Waals surface area contributed by atoms with E-state index >= 15 is 0 Å². The van der Waals surface area contributed by atoms with Crippen molar-refractivity contribution in [3.8, 4) is 0 Å². The zero-order valence-electron chi connectivity index (χ0n) is 8.48. The van der Waals surface area contributed by atoms with Crippen molar-refractivity contribution in [3.05, 3.63) is 34.3 Å². The van der Waals surface area contributed by atoms with E-state index < -0.39 is 0 Å². The molecule has 0 aliphatic heterocycles. The van der Waals surface area contributed by atoms with Crippen LogP contribution >= 0.6 is 23.2 Å². The molecule has 0 spiro atoms. The van der Waals surface area contributed by atoms with E-state index in [1.54, 1.807) is 0 Å². The predicted molar refractivity (Wildman–Crippen MR) is 63.2 cm³/mol. The van der Waals surface area contributed by atoms with Gasteiger partial charge in [-0.25, -0.2) is 0 Å². The molecule has 1 aromatic rings. The third-order valence-corrected chi connectivity index (χ3v) is 3.00. The summed E-state index contributed by atoms with van der Waals surface area (Å²) in [6, 6.07) is 6.39. The van der Waals surface area contributed by atoms with E-state index in [1.807, 2.05) is 19.1 Å². The maximum Gasteiger partial charge on any atom is 0.0435 e. The second-order valence-corrected chi connectivity index (χ2v) is 4.24. The molecule has 0 saturated heterocycles. The largest absolute Gasteiger partial charge is 0.309 e. The number of halogens is 2. The van der Waals surface area contributed by atoms with Crippen molar-refractivity contribution >= 4 is 23.2 Å². The lowest BCUT2D eigenvalue weighted by Crippen LogP contribution is -2.26. The molecule has 0 aromatic heterocycles. The normalized spacial score (nSPS) is 12.9. The summed E-state index contributed by atoms with van der Waals surface area (Å²) in [7, 11) is 0. The predicted octanol–water partition coefficient (Wildman–Crippen LogP) is 3.37. The molecule has 1 atom stereocenters. The van der Waals surface area contributed by atoms with Crippen LogP contribution in [0, 0.1) is 6.92 Å². The van der Waals surface area contributed by atoms with Crippen LogP contribution in [-0.2, 0) is 6.54 Å². The quantitative estimate of drug-likeness (QED) is 0.785. The minimum absolute atomic E-state index is 0.340. The van der Waals surface area contributed by atoms with E-state index in [1.165, 1.54) is 5.56 Å². The summed E-state index contributed by atoms with van der Waals surface area (Å²) >= 11 is 11.6. The first-order valence-electron chi connectivity index (χ1n) is 4.68. The topological polar surface area (TPSA) is 12.0 Å². The molecule has 0 fully saturated rings. The molecule has 1 N–H and O–H groups in total. The Hall–Kier alpha value is -0.240. The second kappa shape index (κ2) is 5.59. The Labute approximate surface area is 95.4 Å². The molecule has 14 heavy (non-hydrogen) atoms. The molecule has 0 saturated carbocycles. The van der Waals surface area contributed by atoms with E-state index in [0.29, 0.717) is 11.9 Å². The summed E-state index contributed by atoms with van der Waals surface area (Å²) in [5, 5.41) is 4.14. The molecule has 0 radical (unpaired) electrons. The average molecular weight is 232 g/mol. The summed E-state index contributed by atoms with van der Waals surface area (Å²) in [6.45, 7) is 4.92. The Morgan fingerprint density at radius 3 is 2.71 bits per heavy atom. The third-order valence-electron chi connectivity index (χ3n) is 2.11. The minimum atomic E-state index is 0.340. The first kappa shape index (κ1) is 11.8. The first-order valence-corrected chi connectivity index (χ1v) is 5.59. The number of aryl methyl sites for hydroxylation is 1. The maximum atomic E-state index is 5.93. The van der Waals surface area contributed by atoms with Gasteiger partial charge in [-0.2, -0.15) is 0 Å². The first-order chi connectivity index (χ1) is 6.63. The zero-order valence-corrected chi connectivity index (χ0v) is 9.99. The number of hydrogen-bond acceptors (Lipinski definition) is 1. The van der Waals surface area contributed by atoms with Gasteiger partial charge in [0.1, 0.15) is 0 Å². The number of rotatable bonds is 4. The van der Waals surface area contributed by atoms with E-state index in [2.05, 4.69) is 18.3 Å². The van der Waals surface area contributed by atoms with Crippen LogP contribution in [0.1, 0.15) is 18.1 Å². The molecule has 0 bridgehead atoms. The van der Waals surface area contributed by atoms with Crippen molar-refractivity contribution in [2.45, 2.75) is 26.4 Å². The Bertz CT molecular complexity index is 299. The lowest BCUT2D eigenvalue weighted by atomic mass is 10.1. The molecule has 1 nitrogen and oxygen atoms in total. The van der Waals surface area contributed by atoms with Crippen molar-refractivity contribution in [1.29, 1.82) is 0 Å². The highest BCUT2D eigenvalue weighted by atomic mass is 35.5. The number of benzene rings is 1. The van der Waals surface area contributed by atoms with Crippen molar-refractivity contribution in [3.63, 3.8) is 0 Å². The maximum absolute atomic E-state index is 5.93. The fourth-order valence-corrected chi connectivity index (χ4v) is 1.39. The second-order valence-electron chi connectivity index (χ2n) is 3.52. The molecule has 0 amide bonds. The summed E-state index contributed by atoms with van der Waals surface area (Å²) in [5.41, 5.74) is 2.35. The van der Waals surface area contributed by atoms with E-state index in [9.17, 15) is 0 Å². The fraction of sp³-hybridized carbons (Fsp3) is 0.455. The highest BCUT2D eigenvalue weighted by Crippen LogP contribution is 2.16. The number of alkyl halides is 1. The van der Waals surface area contributed by atoms with Gasteiger partial charge in [0, 0.05) is 23.5 Å². The number of hydrogen-bond donors (Lipinski definition) is 1. The Balaban J connectivity index is 2.55. The summed E-state index contributed by atoms with van der Waals surface area (Å²) < 4.78 is 0. The van der Waals surface area contributed by atoms with Gasteiger partial charge in [-0.05, 0) is 31.0 Å². The van der Waals surface area contributed by atoms with Gasteiger partial charge in [-0.3, -0.25) is 0 Å². The number of nitrogens with one attached hydrogen (secondary N) is 1. The van der Waals surface area contributed by atoms with Crippen LogP contribution in [0.15, 0.2) is 18.2 Å². The standard InChI is InChI=1S/C11H15Cl2N/c1-8-5-10(3-4-11(8)13)7-14-9(2)6-12/h3-5,9,14H,6-7H2,1-2H3. The zero-order chi connectivity index (χ0) is 10.6. The van der Waals surface area contributed by atoms with Gasteiger partial charge in [0.2, 0.25) is 0 Å². The van der Waals surface area contributed by atoms with Gasteiger partial charge in [0.05, 0.1) is 0 Å². The Kier molecular flexibility index (Phi) is 4.73. The highest BCUT2D eigenvalue weighted by Gasteiger charge is 2.00. The van der Waals surface area contributed by atoms with Gasteiger partial charge < -0.3 is 5.32 Å². The highest BCUT2D eigenvalue weighted by molar-refractivity contribution is 6.31. The van der Waals surface area contributed by atoms with Crippen molar-refractivity contribution in [2.75, 3.05) is 5.88 Å². The molecule has 0 aliphatic carbocycles. The molecule has 1 aromatic carbocycles. The lowest BCUT2D eigenvalue weighted by Gasteiger charge is -2.10. The van der Waals surface area contributed by atoms with Gasteiger partial charge >= 0.3 is 0 Å². The van der Waals surface area contributed by atoms with E-state index in [4.69, 9.17) is 23.2 Å². The summed E-state index contributed by atoms with van der Waals surface area (Å²) in [5.74, 6) is 0.632. The Morgan fingerprint density at radius 2 is 2.14 bits per heavy atom. The fourth-order valence-electron chi connectivity index (χ4n) is 1.16. The van der Waals surface area contributed by atoms with Crippen LogP contribution in [0.2, 0.25) is 5.02 Å². The van der Waals surface area contributed by atoms with Crippen molar-refractivity contribution < 1.29 is 0 Å². The van der Waals surface area contributed by atoms with Crippen LogP contribution in [-0.4, -0.2) is 11.9 Å². The molecular formula is C11H15Cl2N. The third kappa shape index (κ3) is 3.49. The SMILES string of the molecule is Cc1cc(CNC(C)CCl)ccc1Cl.